The SMILES string of the molecule is C=C/C=C\c1c(C)ccc2oc3c(-c4cccc5c4[nH]c4c6ccccc6ccc54)cccc3c12. The predicted molar refractivity (Wildman–Crippen MR) is 150 cm³/mol. The molecule has 2 heteroatoms. The molecule has 7 rings (SSSR count). The van der Waals surface area contributed by atoms with Crippen LogP contribution in [-0.2, 0) is 0 Å². The van der Waals surface area contributed by atoms with Crippen molar-refractivity contribution in [2.45, 2.75) is 6.92 Å². The van der Waals surface area contributed by atoms with E-state index in [4.69, 9.17) is 4.42 Å². The molecule has 0 amide bonds. The predicted octanol–water partition coefficient (Wildman–Crippen LogP) is 9.55. The molecule has 2 heterocycles. The van der Waals surface area contributed by atoms with E-state index in [1.54, 1.807) is 0 Å². The maximum Gasteiger partial charge on any atom is 0.143 e. The second-order valence-electron chi connectivity index (χ2n) is 9.11. The molecule has 0 radical (unpaired) electrons. The van der Waals surface area contributed by atoms with Gasteiger partial charge in [-0.1, -0.05) is 104 Å². The fourth-order valence-electron chi connectivity index (χ4n) is 5.50. The number of hydrogen-bond donors (Lipinski definition) is 1. The normalized spacial score (nSPS) is 12.1. The first-order valence-electron chi connectivity index (χ1n) is 11.9. The molecule has 2 nitrogen and oxygen atoms in total. The zero-order valence-electron chi connectivity index (χ0n) is 19.4. The summed E-state index contributed by atoms with van der Waals surface area (Å²) in [5.41, 5.74) is 8.75. The van der Waals surface area contributed by atoms with Crippen molar-refractivity contribution in [3.05, 3.63) is 115 Å². The van der Waals surface area contributed by atoms with E-state index in [9.17, 15) is 0 Å². The number of hydrogen-bond acceptors (Lipinski definition) is 1. The van der Waals surface area contributed by atoms with Gasteiger partial charge < -0.3 is 9.40 Å². The molecule has 7 aromatic rings. The summed E-state index contributed by atoms with van der Waals surface area (Å²) in [6, 6.07) is 30.2. The van der Waals surface area contributed by atoms with Gasteiger partial charge in [0.25, 0.3) is 0 Å². The third-order valence-electron chi connectivity index (χ3n) is 7.14. The number of aromatic nitrogens is 1. The van der Waals surface area contributed by atoms with E-state index in [0.717, 1.165) is 38.6 Å². The topological polar surface area (TPSA) is 28.9 Å². The number of allylic oxidation sites excluding steroid dienone is 2. The molecule has 5 aromatic carbocycles. The van der Waals surface area contributed by atoms with Crippen LogP contribution in [0.15, 0.2) is 108 Å². The molecule has 166 valence electrons. The second-order valence-corrected chi connectivity index (χ2v) is 9.11. The van der Waals surface area contributed by atoms with Crippen LogP contribution >= 0.6 is 0 Å². The summed E-state index contributed by atoms with van der Waals surface area (Å²) in [6.07, 6.45) is 5.92. The monoisotopic (exact) mass is 449 g/mol. The van der Waals surface area contributed by atoms with Gasteiger partial charge in [-0.05, 0) is 29.5 Å². The molecule has 0 spiro atoms. The Balaban J connectivity index is 1.57. The Morgan fingerprint density at radius 3 is 2.37 bits per heavy atom. The third-order valence-corrected chi connectivity index (χ3v) is 7.14. The van der Waals surface area contributed by atoms with E-state index in [2.05, 4.69) is 109 Å². The first kappa shape index (κ1) is 19.9. The van der Waals surface area contributed by atoms with Crippen molar-refractivity contribution in [1.29, 1.82) is 0 Å². The standard InChI is InChI=1S/C33H23NO/c1-3-4-10-22-20(2)16-19-29-30(22)28-15-8-14-27(33(28)35-29)25-13-7-12-24-26-18-17-21-9-5-6-11-23(21)31(26)34-32(24)25/h3-19,34H,1H2,2H3/b10-4-. The molecular weight excluding hydrogens is 426 g/mol. The molecule has 0 saturated heterocycles. The second kappa shape index (κ2) is 7.48. The number of benzene rings is 5. The number of H-pyrrole nitrogens is 1. The van der Waals surface area contributed by atoms with E-state index in [-0.39, 0.29) is 0 Å². The number of nitrogens with one attached hydrogen (secondary N) is 1. The van der Waals surface area contributed by atoms with Crippen LogP contribution in [-0.4, -0.2) is 4.98 Å². The maximum absolute atomic E-state index is 6.53. The van der Waals surface area contributed by atoms with Gasteiger partial charge in [0.05, 0.1) is 11.0 Å². The molecule has 0 bridgehead atoms. The molecule has 0 saturated carbocycles. The van der Waals surface area contributed by atoms with E-state index in [1.807, 2.05) is 12.2 Å². The highest BCUT2D eigenvalue weighted by Crippen LogP contribution is 2.42. The Morgan fingerprint density at radius 2 is 1.49 bits per heavy atom. The minimum absolute atomic E-state index is 0.900. The van der Waals surface area contributed by atoms with Crippen LogP contribution in [0.5, 0.6) is 0 Å². The van der Waals surface area contributed by atoms with Crippen molar-refractivity contribution in [2.24, 2.45) is 0 Å². The minimum Gasteiger partial charge on any atom is -0.455 e. The minimum atomic E-state index is 0.900. The highest BCUT2D eigenvalue weighted by molar-refractivity contribution is 6.21. The van der Waals surface area contributed by atoms with E-state index in [0.29, 0.717) is 0 Å². The number of aryl methyl sites for hydroxylation is 1. The zero-order valence-corrected chi connectivity index (χ0v) is 19.4. The van der Waals surface area contributed by atoms with Gasteiger partial charge in [0.15, 0.2) is 0 Å². The smallest absolute Gasteiger partial charge is 0.143 e. The summed E-state index contributed by atoms with van der Waals surface area (Å²) in [6.45, 7) is 5.98. The van der Waals surface area contributed by atoms with Gasteiger partial charge in [0.2, 0.25) is 0 Å². The molecule has 2 aromatic heterocycles. The van der Waals surface area contributed by atoms with Crippen LogP contribution in [0.1, 0.15) is 11.1 Å². The Hall–Kier alpha value is -4.56. The summed E-state index contributed by atoms with van der Waals surface area (Å²) in [4.78, 5) is 3.77. The molecule has 0 unspecified atom stereocenters. The Labute approximate surface area is 202 Å². The zero-order chi connectivity index (χ0) is 23.5. The number of para-hydroxylation sites is 2. The van der Waals surface area contributed by atoms with Crippen LogP contribution < -0.4 is 0 Å². The fourth-order valence-corrected chi connectivity index (χ4v) is 5.50. The molecule has 35 heavy (non-hydrogen) atoms. The number of fused-ring (bicyclic) bond motifs is 8. The molecule has 0 fully saturated rings. The van der Waals surface area contributed by atoms with Crippen molar-refractivity contribution < 1.29 is 4.42 Å². The lowest BCUT2D eigenvalue weighted by Crippen LogP contribution is -1.83. The fraction of sp³-hybridized carbons (Fsp3) is 0.0303. The first-order chi connectivity index (χ1) is 17.2. The van der Waals surface area contributed by atoms with Crippen molar-refractivity contribution in [1.82, 2.24) is 4.98 Å². The van der Waals surface area contributed by atoms with E-state index in [1.165, 1.54) is 38.2 Å². The molecule has 0 atom stereocenters. The summed E-state index contributed by atoms with van der Waals surface area (Å²) in [7, 11) is 0. The van der Waals surface area contributed by atoms with Gasteiger partial charge in [-0.2, -0.15) is 0 Å². The number of aromatic amines is 1. The lowest BCUT2D eigenvalue weighted by Gasteiger charge is -2.05. The van der Waals surface area contributed by atoms with Crippen molar-refractivity contribution >= 4 is 60.6 Å². The van der Waals surface area contributed by atoms with E-state index < -0.39 is 0 Å². The van der Waals surface area contributed by atoms with Gasteiger partial charge in [-0.25, -0.2) is 0 Å². The largest absolute Gasteiger partial charge is 0.455 e. The Kier molecular flexibility index (Phi) is 4.24. The van der Waals surface area contributed by atoms with Crippen LogP contribution in [0.3, 0.4) is 0 Å². The lowest BCUT2D eigenvalue weighted by molar-refractivity contribution is 0.670. The van der Waals surface area contributed by atoms with Gasteiger partial charge in [0.1, 0.15) is 11.2 Å². The average Bonchev–Trinajstić information content (AvgIpc) is 3.47. The Bertz CT molecular complexity index is 1980. The quantitative estimate of drug-likeness (QED) is 0.267. The average molecular weight is 450 g/mol. The summed E-state index contributed by atoms with van der Waals surface area (Å²) in [5, 5.41) is 7.22. The molecule has 0 aliphatic carbocycles. The van der Waals surface area contributed by atoms with Gasteiger partial charge in [-0.15, -0.1) is 0 Å². The number of rotatable bonds is 3. The van der Waals surface area contributed by atoms with Crippen LogP contribution in [0.4, 0.5) is 0 Å². The highest BCUT2D eigenvalue weighted by atomic mass is 16.3. The summed E-state index contributed by atoms with van der Waals surface area (Å²) < 4.78 is 6.53. The first-order valence-corrected chi connectivity index (χ1v) is 11.9. The van der Waals surface area contributed by atoms with Crippen LogP contribution in [0, 0.1) is 6.92 Å². The van der Waals surface area contributed by atoms with Crippen molar-refractivity contribution in [3.8, 4) is 11.1 Å². The molecule has 0 aliphatic heterocycles. The highest BCUT2D eigenvalue weighted by Gasteiger charge is 2.18. The van der Waals surface area contributed by atoms with Gasteiger partial charge >= 0.3 is 0 Å². The Morgan fingerprint density at radius 1 is 0.714 bits per heavy atom. The maximum atomic E-state index is 6.53. The third kappa shape index (κ3) is 2.83. The molecule has 1 N–H and O–H groups in total. The summed E-state index contributed by atoms with van der Waals surface area (Å²) in [5.74, 6) is 0. The van der Waals surface area contributed by atoms with Gasteiger partial charge in [-0.3, -0.25) is 0 Å². The van der Waals surface area contributed by atoms with Crippen molar-refractivity contribution in [3.63, 3.8) is 0 Å². The van der Waals surface area contributed by atoms with Crippen LogP contribution in [0.25, 0.3) is 71.7 Å². The number of furan rings is 1. The van der Waals surface area contributed by atoms with Gasteiger partial charge in [0, 0.05) is 38.1 Å². The summed E-state index contributed by atoms with van der Waals surface area (Å²) >= 11 is 0. The van der Waals surface area contributed by atoms with E-state index >= 15 is 0 Å². The lowest BCUT2D eigenvalue weighted by atomic mass is 9.97. The van der Waals surface area contributed by atoms with Crippen molar-refractivity contribution in [2.75, 3.05) is 0 Å². The van der Waals surface area contributed by atoms with Crippen LogP contribution in [0.2, 0.25) is 0 Å². The molecular formula is C33H23NO. The molecule has 0 aliphatic rings.